The summed E-state index contributed by atoms with van der Waals surface area (Å²) in [4.78, 5) is 16.6. The SMILES string of the molecule is CC(C)CNc1cc(Cl)nn2c(-c3ccc(C(=O)NC(C)C)cc3)cnc12. The van der Waals surface area contributed by atoms with Gasteiger partial charge in [-0.3, -0.25) is 4.79 Å². The average Bonchev–Trinajstić information content (AvgIpc) is 3.02. The fourth-order valence-electron chi connectivity index (χ4n) is 2.72. The highest BCUT2D eigenvalue weighted by Gasteiger charge is 2.14. The highest BCUT2D eigenvalue weighted by atomic mass is 35.5. The van der Waals surface area contributed by atoms with Gasteiger partial charge in [0.05, 0.1) is 17.6 Å². The van der Waals surface area contributed by atoms with Crippen LogP contribution in [0.4, 0.5) is 5.69 Å². The van der Waals surface area contributed by atoms with Crippen LogP contribution in [0.2, 0.25) is 5.15 Å². The Hall–Kier alpha value is -2.60. The van der Waals surface area contributed by atoms with Gasteiger partial charge in [0.1, 0.15) is 0 Å². The Labute approximate surface area is 163 Å². The zero-order valence-electron chi connectivity index (χ0n) is 16.0. The van der Waals surface area contributed by atoms with E-state index in [2.05, 4.69) is 34.6 Å². The first kappa shape index (κ1) is 19.2. The standard InChI is InChI=1S/C20H24ClN5O/c1-12(2)10-22-16-9-18(21)25-26-17(11-23-19(16)26)14-5-7-15(8-6-14)20(27)24-13(3)4/h5-9,11-13,22H,10H2,1-4H3,(H,24,27). The first-order valence-electron chi connectivity index (χ1n) is 9.04. The van der Waals surface area contributed by atoms with Gasteiger partial charge in [-0.05, 0) is 31.9 Å². The van der Waals surface area contributed by atoms with Gasteiger partial charge in [-0.1, -0.05) is 37.6 Å². The fraction of sp³-hybridized carbons (Fsp3) is 0.350. The van der Waals surface area contributed by atoms with Crippen molar-refractivity contribution in [3.05, 3.63) is 47.2 Å². The van der Waals surface area contributed by atoms with E-state index >= 15 is 0 Å². The predicted molar refractivity (Wildman–Crippen MR) is 109 cm³/mol. The highest BCUT2D eigenvalue weighted by Crippen LogP contribution is 2.26. The number of nitrogens with one attached hydrogen (secondary N) is 2. The minimum Gasteiger partial charge on any atom is -0.382 e. The summed E-state index contributed by atoms with van der Waals surface area (Å²) in [6.45, 7) is 8.97. The summed E-state index contributed by atoms with van der Waals surface area (Å²) in [5, 5.41) is 11.0. The Morgan fingerprint density at radius 1 is 1.19 bits per heavy atom. The quantitative estimate of drug-likeness (QED) is 0.665. The second-order valence-electron chi connectivity index (χ2n) is 7.24. The van der Waals surface area contributed by atoms with Crippen LogP contribution in [0.5, 0.6) is 0 Å². The van der Waals surface area contributed by atoms with Crippen molar-refractivity contribution in [1.82, 2.24) is 19.9 Å². The Balaban J connectivity index is 1.94. The number of imidazole rings is 1. The molecule has 0 spiro atoms. The molecule has 0 atom stereocenters. The number of carbonyl (C=O) groups is 1. The topological polar surface area (TPSA) is 71.3 Å². The molecule has 142 valence electrons. The normalized spacial score (nSPS) is 11.4. The van der Waals surface area contributed by atoms with Crippen molar-refractivity contribution in [2.75, 3.05) is 11.9 Å². The molecule has 2 heterocycles. The molecule has 7 heteroatoms. The first-order valence-corrected chi connectivity index (χ1v) is 9.42. The fourth-order valence-corrected chi connectivity index (χ4v) is 2.90. The lowest BCUT2D eigenvalue weighted by atomic mass is 10.1. The number of halogens is 1. The van der Waals surface area contributed by atoms with Gasteiger partial charge in [0.2, 0.25) is 0 Å². The Morgan fingerprint density at radius 3 is 2.52 bits per heavy atom. The third-order valence-electron chi connectivity index (χ3n) is 4.00. The maximum absolute atomic E-state index is 12.1. The monoisotopic (exact) mass is 385 g/mol. The molecule has 3 aromatic rings. The van der Waals surface area contributed by atoms with Gasteiger partial charge < -0.3 is 10.6 Å². The van der Waals surface area contributed by atoms with E-state index in [1.165, 1.54) is 0 Å². The van der Waals surface area contributed by atoms with Crippen molar-refractivity contribution >= 4 is 28.8 Å². The molecule has 2 N–H and O–H groups in total. The van der Waals surface area contributed by atoms with Crippen LogP contribution in [0.25, 0.3) is 16.9 Å². The average molecular weight is 386 g/mol. The number of amides is 1. The molecule has 0 radical (unpaired) electrons. The Bertz CT molecular complexity index is 947. The number of benzene rings is 1. The molecule has 0 aliphatic heterocycles. The van der Waals surface area contributed by atoms with Gasteiger partial charge in [-0.15, -0.1) is 0 Å². The summed E-state index contributed by atoms with van der Waals surface area (Å²) in [6.07, 6.45) is 1.77. The second kappa shape index (κ2) is 7.96. The first-order chi connectivity index (χ1) is 12.8. The van der Waals surface area contributed by atoms with Crippen molar-refractivity contribution < 1.29 is 4.79 Å². The van der Waals surface area contributed by atoms with Crippen molar-refractivity contribution in [1.29, 1.82) is 0 Å². The number of carbonyl (C=O) groups excluding carboxylic acids is 1. The summed E-state index contributed by atoms with van der Waals surface area (Å²) < 4.78 is 1.73. The third-order valence-corrected chi connectivity index (χ3v) is 4.19. The van der Waals surface area contributed by atoms with E-state index in [1.807, 2.05) is 26.0 Å². The lowest BCUT2D eigenvalue weighted by Crippen LogP contribution is -2.29. The molecular formula is C20H24ClN5O. The highest BCUT2D eigenvalue weighted by molar-refractivity contribution is 6.29. The van der Waals surface area contributed by atoms with Crippen molar-refractivity contribution in [2.24, 2.45) is 5.92 Å². The maximum Gasteiger partial charge on any atom is 0.251 e. The van der Waals surface area contributed by atoms with Crippen LogP contribution in [0.3, 0.4) is 0 Å². The van der Waals surface area contributed by atoms with Gasteiger partial charge >= 0.3 is 0 Å². The number of aromatic nitrogens is 3. The van der Waals surface area contributed by atoms with E-state index in [0.29, 0.717) is 16.6 Å². The number of nitrogens with zero attached hydrogens (tertiary/aromatic N) is 3. The van der Waals surface area contributed by atoms with Crippen LogP contribution in [0, 0.1) is 5.92 Å². The van der Waals surface area contributed by atoms with Crippen molar-refractivity contribution in [3.63, 3.8) is 0 Å². The van der Waals surface area contributed by atoms with E-state index in [9.17, 15) is 4.79 Å². The molecule has 0 saturated heterocycles. The van der Waals surface area contributed by atoms with E-state index in [-0.39, 0.29) is 11.9 Å². The van der Waals surface area contributed by atoms with Crippen LogP contribution in [-0.4, -0.2) is 33.1 Å². The van der Waals surface area contributed by atoms with Crippen LogP contribution >= 0.6 is 11.6 Å². The molecule has 0 bridgehead atoms. The molecular weight excluding hydrogens is 362 g/mol. The number of fused-ring (bicyclic) bond motifs is 1. The molecule has 0 unspecified atom stereocenters. The summed E-state index contributed by atoms with van der Waals surface area (Å²) >= 11 is 6.22. The molecule has 0 aliphatic carbocycles. The van der Waals surface area contributed by atoms with Gasteiger partial charge in [-0.25, -0.2) is 9.50 Å². The minimum atomic E-state index is -0.0870. The second-order valence-corrected chi connectivity index (χ2v) is 7.63. The van der Waals surface area contributed by atoms with E-state index in [0.717, 1.165) is 29.1 Å². The van der Waals surface area contributed by atoms with Crippen LogP contribution in [0.15, 0.2) is 36.5 Å². The number of rotatable bonds is 6. The van der Waals surface area contributed by atoms with Gasteiger partial charge in [-0.2, -0.15) is 5.10 Å². The number of hydrogen-bond acceptors (Lipinski definition) is 4. The number of hydrogen-bond donors (Lipinski definition) is 2. The summed E-state index contributed by atoms with van der Waals surface area (Å²) in [6, 6.07) is 9.27. The molecule has 6 nitrogen and oxygen atoms in total. The van der Waals surface area contributed by atoms with E-state index in [4.69, 9.17) is 11.6 Å². The summed E-state index contributed by atoms with van der Waals surface area (Å²) in [5.74, 6) is 0.409. The lowest BCUT2D eigenvalue weighted by Gasteiger charge is -2.11. The van der Waals surface area contributed by atoms with E-state index < -0.39 is 0 Å². The molecule has 2 aromatic heterocycles. The summed E-state index contributed by atoms with van der Waals surface area (Å²) in [7, 11) is 0. The molecule has 0 fully saturated rings. The smallest absolute Gasteiger partial charge is 0.251 e. The molecule has 0 saturated carbocycles. The lowest BCUT2D eigenvalue weighted by molar-refractivity contribution is 0.0943. The third kappa shape index (κ3) is 4.39. The van der Waals surface area contributed by atoms with Gasteiger partial charge in [0, 0.05) is 29.8 Å². The zero-order valence-corrected chi connectivity index (χ0v) is 16.7. The molecule has 3 rings (SSSR count). The molecule has 27 heavy (non-hydrogen) atoms. The molecule has 0 aliphatic rings. The predicted octanol–water partition coefficient (Wildman–Crippen LogP) is 4.26. The van der Waals surface area contributed by atoms with Gasteiger partial charge in [0.25, 0.3) is 5.91 Å². The van der Waals surface area contributed by atoms with Crippen LogP contribution in [-0.2, 0) is 0 Å². The Kier molecular flexibility index (Phi) is 5.65. The molecule has 1 aromatic carbocycles. The summed E-state index contributed by atoms with van der Waals surface area (Å²) in [5.41, 5.74) is 3.91. The number of anilines is 1. The largest absolute Gasteiger partial charge is 0.382 e. The van der Waals surface area contributed by atoms with Gasteiger partial charge in [0.15, 0.2) is 10.8 Å². The zero-order chi connectivity index (χ0) is 19.6. The minimum absolute atomic E-state index is 0.0870. The Morgan fingerprint density at radius 2 is 1.89 bits per heavy atom. The van der Waals surface area contributed by atoms with Crippen LogP contribution < -0.4 is 10.6 Å². The van der Waals surface area contributed by atoms with Crippen molar-refractivity contribution in [2.45, 2.75) is 33.7 Å². The maximum atomic E-state index is 12.1. The van der Waals surface area contributed by atoms with E-state index in [1.54, 1.807) is 28.9 Å². The molecule has 1 amide bonds. The van der Waals surface area contributed by atoms with Crippen molar-refractivity contribution in [3.8, 4) is 11.3 Å². The van der Waals surface area contributed by atoms with Crippen LogP contribution in [0.1, 0.15) is 38.1 Å².